The minimum absolute atomic E-state index is 0.194. The number of nitrogens with two attached hydrogens (primary N) is 1. The van der Waals surface area contributed by atoms with Crippen molar-refractivity contribution in [3.8, 4) is 11.5 Å². The Hall–Kier alpha value is -1.08. The van der Waals surface area contributed by atoms with Crippen molar-refractivity contribution in [1.29, 1.82) is 0 Å². The van der Waals surface area contributed by atoms with Crippen LogP contribution >= 0.6 is 31.9 Å². The van der Waals surface area contributed by atoms with Gasteiger partial charge in [0.2, 0.25) is 5.95 Å². The van der Waals surface area contributed by atoms with Crippen molar-refractivity contribution in [2.24, 2.45) is 0 Å². The molecule has 0 fully saturated rings. The van der Waals surface area contributed by atoms with Crippen LogP contribution in [0.4, 0.5) is 5.95 Å². The monoisotopic (exact) mass is 343 g/mol. The van der Waals surface area contributed by atoms with Crippen molar-refractivity contribution in [3.05, 3.63) is 27.0 Å². The zero-order chi connectivity index (χ0) is 11.7. The summed E-state index contributed by atoms with van der Waals surface area (Å²) in [6.45, 7) is 1.76. The van der Waals surface area contributed by atoms with Gasteiger partial charge in [0.15, 0.2) is 5.82 Å². The Labute approximate surface area is 109 Å². The Balaban J connectivity index is 2.58. The first kappa shape index (κ1) is 11.4. The normalized spacial score (nSPS) is 10.4. The Morgan fingerprint density at radius 2 is 1.94 bits per heavy atom. The molecule has 7 heteroatoms. The third-order valence-electron chi connectivity index (χ3n) is 1.78. The van der Waals surface area contributed by atoms with E-state index in [9.17, 15) is 0 Å². The fourth-order valence-electron chi connectivity index (χ4n) is 1.19. The lowest BCUT2D eigenvalue weighted by atomic mass is 10.3. The van der Waals surface area contributed by atoms with Crippen molar-refractivity contribution in [2.75, 3.05) is 5.73 Å². The van der Waals surface area contributed by atoms with Crippen LogP contribution in [0.5, 0.6) is 0 Å². The van der Waals surface area contributed by atoms with Crippen LogP contribution < -0.4 is 5.73 Å². The van der Waals surface area contributed by atoms with Gasteiger partial charge in [-0.05, 0) is 44.8 Å². The van der Waals surface area contributed by atoms with Crippen LogP contribution in [0.3, 0.4) is 0 Å². The molecule has 0 aliphatic heterocycles. The minimum atomic E-state index is 0.194. The van der Waals surface area contributed by atoms with E-state index in [1.165, 1.54) is 0 Å². The Kier molecular flexibility index (Phi) is 3.15. The highest BCUT2D eigenvalue weighted by Gasteiger charge is 2.10. The van der Waals surface area contributed by atoms with E-state index < -0.39 is 0 Å². The van der Waals surface area contributed by atoms with Crippen LogP contribution in [0.25, 0.3) is 11.5 Å². The van der Waals surface area contributed by atoms with Gasteiger partial charge in [0, 0.05) is 15.1 Å². The van der Waals surface area contributed by atoms with Crippen LogP contribution in [0.1, 0.15) is 5.82 Å². The number of aromatic nitrogens is 4. The molecule has 0 aliphatic rings. The van der Waals surface area contributed by atoms with Crippen molar-refractivity contribution < 1.29 is 0 Å². The predicted octanol–water partition coefficient (Wildman–Crippen LogP) is 2.35. The second-order valence-electron chi connectivity index (χ2n) is 3.05. The summed E-state index contributed by atoms with van der Waals surface area (Å²) in [4.78, 5) is 16.4. The van der Waals surface area contributed by atoms with Gasteiger partial charge in [-0.2, -0.15) is 9.97 Å². The number of nitrogens with zero attached hydrogens (tertiary/aromatic N) is 4. The second-order valence-corrected chi connectivity index (χ2v) is 4.82. The smallest absolute Gasteiger partial charge is 0.223 e. The maximum atomic E-state index is 5.56. The molecule has 0 amide bonds. The first-order valence-corrected chi connectivity index (χ1v) is 5.94. The van der Waals surface area contributed by atoms with Gasteiger partial charge < -0.3 is 5.73 Å². The number of aryl methyl sites for hydroxylation is 1. The predicted molar refractivity (Wildman–Crippen MR) is 67.6 cm³/mol. The molecule has 2 rings (SSSR count). The molecule has 0 saturated heterocycles. The van der Waals surface area contributed by atoms with E-state index in [0.717, 1.165) is 8.95 Å². The number of halogens is 2. The summed E-state index contributed by atoms with van der Waals surface area (Å²) in [6, 6.07) is 1.87. The molecular weight excluding hydrogens is 338 g/mol. The fourth-order valence-corrected chi connectivity index (χ4v) is 2.35. The maximum Gasteiger partial charge on any atom is 0.223 e. The molecule has 0 saturated carbocycles. The molecule has 2 heterocycles. The maximum absolute atomic E-state index is 5.56. The zero-order valence-corrected chi connectivity index (χ0v) is 11.4. The van der Waals surface area contributed by atoms with Gasteiger partial charge in [-0.25, -0.2) is 4.98 Å². The highest BCUT2D eigenvalue weighted by molar-refractivity contribution is 9.11. The highest BCUT2D eigenvalue weighted by Crippen LogP contribution is 2.26. The van der Waals surface area contributed by atoms with Gasteiger partial charge in [-0.15, -0.1) is 0 Å². The lowest BCUT2D eigenvalue weighted by molar-refractivity contribution is 0.986. The van der Waals surface area contributed by atoms with E-state index in [4.69, 9.17) is 5.73 Å². The SMILES string of the molecule is Cc1nc(N)nc(-c2ncc(Br)cc2Br)n1. The number of hydrogen-bond acceptors (Lipinski definition) is 5. The van der Waals surface area contributed by atoms with Crippen LogP contribution in [0.2, 0.25) is 0 Å². The Morgan fingerprint density at radius 3 is 2.56 bits per heavy atom. The summed E-state index contributed by atoms with van der Waals surface area (Å²) in [5.41, 5.74) is 6.20. The number of pyridine rings is 1. The Bertz CT molecular complexity index is 523. The molecular formula is C9H7Br2N5. The second kappa shape index (κ2) is 4.42. The van der Waals surface area contributed by atoms with Gasteiger partial charge in [0.05, 0.1) is 0 Å². The number of nitrogen functional groups attached to an aromatic ring is 1. The van der Waals surface area contributed by atoms with E-state index in [2.05, 4.69) is 51.8 Å². The molecule has 0 radical (unpaired) electrons. The van der Waals surface area contributed by atoms with E-state index in [1.54, 1.807) is 13.1 Å². The van der Waals surface area contributed by atoms with Crippen molar-refractivity contribution in [3.63, 3.8) is 0 Å². The molecule has 0 aromatic carbocycles. The van der Waals surface area contributed by atoms with Gasteiger partial charge in [0.25, 0.3) is 0 Å². The summed E-state index contributed by atoms with van der Waals surface area (Å²) in [7, 11) is 0. The van der Waals surface area contributed by atoms with Crippen molar-refractivity contribution in [1.82, 2.24) is 19.9 Å². The Morgan fingerprint density at radius 1 is 1.19 bits per heavy atom. The third kappa shape index (κ3) is 2.35. The van der Waals surface area contributed by atoms with Gasteiger partial charge >= 0.3 is 0 Å². The number of rotatable bonds is 1. The molecule has 0 aliphatic carbocycles. The summed E-state index contributed by atoms with van der Waals surface area (Å²) < 4.78 is 1.67. The molecule has 16 heavy (non-hydrogen) atoms. The average molecular weight is 345 g/mol. The lowest BCUT2D eigenvalue weighted by Gasteiger charge is -2.03. The van der Waals surface area contributed by atoms with Crippen molar-refractivity contribution in [2.45, 2.75) is 6.92 Å². The quantitative estimate of drug-likeness (QED) is 0.859. The summed E-state index contributed by atoms with van der Waals surface area (Å²) in [5, 5.41) is 0. The summed E-state index contributed by atoms with van der Waals surface area (Å²) in [6.07, 6.45) is 1.68. The largest absolute Gasteiger partial charge is 0.368 e. The summed E-state index contributed by atoms with van der Waals surface area (Å²) >= 11 is 6.73. The standard InChI is InChI=1S/C9H7Br2N5/c1-4-14-8(16-9(12)15-4)7-6(11)2-5(10)3-13-7/h2-3H,1H3,(H2,12,14,15,16). The first-order chi connectivity index (χ1) is 7.56. The molecule has 82 valence electrons. The highest BCUT2D eigenvalue weighted by atomic mass is 79.9. The molecule has 2 aromatic heterocycles. The lowest BCUT2D eigenvalue weighted by Crippen LogP contribution is -2.03. The van der Waals surface area contributed by atoms with Crippen LogP contribution in [-0.4, -0.2) is 19.9 Å². The van der Waals surface area contributed by atoms with Crippen molar-refractivity contribution >= 4 is 37.8 Å². The van der Waals surface area contributed by atoms with Gasteiger partial charge in [-0.3, -0.25) is 4.98 Å². The molecule has 2 N–H and O–H groups in total. The van der Waals surface area contributed by atoms with Crippen LogP contribution in [0.15, 0.2) is 21.2 Å². The van der Waals surface area contributed by atoms with Crippen LogP contribution in [0, 0.1) is 6.92 Å². The van der Waals surface area contributed by atoms with E-state index >= 15 is 0 Å². The molecule has 0 atom stereocenters. The van der Waals surface area contributed by atoms with E-state index in [-0.39, 0.29) is 5.95 Å². The summed E-state index contributed by atoms with van der Waals surface area (Å²) in [5.74, 6) is 1.22. The van der Waals surface area contributed by atoms with E-state index in [1.807, 2.05) is 6.07 Å². The molecule has 0 spiro atoms. The zero-order valence-electron chi connectivity index (χ0n) is 8.28. The molecule has 2 aromatic rings. The minimum Gasteiger partial charge on any atom is -0.368 e. The van der Waals surface area contributed by atoms with E-state index in [0.29, 0.717) is 17.3 Å². The molecule has 0 bridgehead atoms. The molecule has 5 nitrogen and oxygen atoms in total. The van der Waals surface area contributed by atoms with Gasteiger partial charge in [-0.1, -0.05) is 0 Å². The fraction of sp³-hybridized carbons (Fsp3) is 0.111. The molecule has 0 unspecified atom stereocenters. The van der Waals surface area contributed by atoms with Crippen LogP contribution in [-0.2, 0) is 0 Å². The third-order valence-corrected chi connectivity index (χ3v) is 2.82. The topological polar surface area (TPSA) is 77.6 Å². The van der Waals surface area contributed by atoms with Gasteiger partial charge in [0.1, 0.15) is 11.5 Å². The number of hydrogen-bond donors (Lipinski definition) is 1. The number of anilines is 1. The average Bonchev–Trinajstić information content (AvgIpc) is 2.15. The first-order valence-electron chi connectivity index (χ1n) is 4.36.